The number of carbonyl (C=O) groups is 1. The monoisotopic (exact) mass is 601 g/mol. The first-order valence-electron chi connectivity index (χ1n) is 11.8. The summed E-state index contributed by atoms with van der Waals surface area (Å²) < 4.78 is 8.82. The molecule has 0 saturated carbocycles. The second-order valence-corrected chi connectivity index (χ2v) is 9.46. The molecule has 0 fully saturated rings. The third-order valence-electron chi connectivity index (χ3n) is 6.29. The van der Waals surface area contributed by atoms with Crippen molar-refractivity contribution in [1.82, 2.24) is 14.5 Å². The molecule has 184 valence electrons. The van der Waals surface area contributed by atoms with Crippen molar-refractivity contribution in [2.75, 3.05) is 6.61 Å². The Morgan fingerprint density at radius 2 is 1.41 bits per heavy atom. The van der Waals surface area contributed by atoms with Crippen molar-refractivity contribution in [3.63, 3.8) is 0 Å². The van der Waals surface area contributed by atoms with Crippen LogP contribution < -0.4 is 4.74 Å². The highest BCUT2D eigenvalue weighted by atomic mass is 127. The van der Waals surface area contributed by atoms with Crippen LogP contribution in [0.2, 0.25) is 0 Å². The molecule has 0 unspecified atom stereocenters. The molecule has 7 heteroatoms. The van der Waals surface area contributed by atoms with Crippen molar-refractivity contribution in [2.45, 2.75) is 12.0 Å². The fourth-order valence-electron chi connectivity index (χ4n) is 4.68. The molecule has 5 rings (SSSR count). The van der Waals surface area contributed by atoms with Crippen molar-refractivity contribution in [3.8, 4) is 5.75 Å². The average molecular weight is 601 g/mol. The van der Waals surface area contributed by atoms with Crippen LogP contribution in [0.3, 0.4) is 0 Å². The number of hydrogen-bond donors (Lipinski definition) is 1. The number of imidazole rings is 1. The zero-order valence-electron chi connectivity index (χ0n) is 19.9. The number of nitrogens with zero attached hydrogens (tertiary/aromatic N) is 3. The Hall–Kier alpha value is -3.98. The van der Waals surface area contributed by atoms with Crippen LogP contribution in [-0.2, 0) is 12.0 Å². The minimum Gasteiger partial charge on any atom is -0.490 e. The van der Waals surface area contributed by atoms with E-state index in [9.17, 15) is 9.90 Å². The lowest BCUT2D eigenvalue weighted by Gasteiger charge is -2.38. The van der Waals surface area contributed by atoms with Gasteiger partial charge in [-0.05, 0) is 45.3 Å². The highest BCUT2D eigenvalue weighted by Gasteiger charge is 2.39. The van der Waals surface area contributed by atoms with Gasteiger partial charge in [-0.25, -0.2) is 14.8 Å². The first kappa shape index (κ1) is 24.7. The zero-order valence-corrected chi connectivity index (χ0v) is 22.0. The summed E-state index contributed by atoms with van der Waals surface area (Å²) in [4.78, 5) is 20.3. The van der Waals surface area contributed by atoms with Gasteiger partial charge in [-0.3, -0.25) is 0 Å². The van der Waals surface area contributed by atoms with Crippen LogP contribution in [0.1, 0.15) is 32.9 Å². The maximum Gasteiger partial charge on any atom is 0.337 e. The van der Waals surface area contributed by atoms with Crippen LogP contribution in [-0.4, -0.2) is 32.2 Å². The van der Waals surface area contributed by atoms with Gasteiger partial charge in [-0.1, -0.05) is 91.0 Å². The van der Waals surface area contributed by atoms with Gasteiger partial charge >= 0.3 is 5.97 Å². The minimum atomic E-state index is -1.04. The van der Waals surface area contributed by atoms with E-state index in [4.69, 9.17) is 9.72 Å². The van der Waals surface area contributed by atoms with E-state index in [0.717, 1.165) is 22.5 Å². The van der Waals surface area contributed by atoms with Crippen molar-refractivity contribution < 1.29 is 14.6 Å². The topological polar surface area (TPSA) is 77.2 Å². The molecule has 0 bridgehead atoms. The highest BCUT2D eigenvalue weighted by Crippen LogP contribution is 2.41. The Bertz CT molecular complexity index is 1390. The molecule has 0 aliphatic carbocycles. The maximum atomic E-state index is 11.4. The smallest absolute Gasteiger partial charge is 0.337 e. The highest BCUT2D eigenvalue weighted by molar-refractivity contribution is 14.1. The maximum absolute atomic E-state index is 11.4. The first-order chi connectivity index (χ1) is 18.1. The van der Waals surface area contributed by atoms with E-state index >= 15 is 0 Å². The molecular weight excluding hydrogens is 577 g/mol. The fourth-order valence-corrected chi connectivity index (χ4v) is 5.13. The van der Waals surface area contributed by atoms with Gasteiger partial charge in [0.15, 0.2) is 5.75 Å². The number of benzene rings is 3. The second-order valence-electron chi connectivity index (χ2n) is 8.44. The van der Waals surface area contributed by atoms with Crippen LogP contribution in [0.5, 0.6) is 5.75 Å². The van der Waals surface area contributed by atoms with Crippen molar-refractivity contribution in [1.29, 1.82) is 0 Å². The Balaban J connectivity index is 1.58. The summed E-state index contributed by atoms with van der Waals surface area (Å²) in [5.41, 5.74) is 2.77. The van der Waals surface area contributed by atoms with Gasteiger partial charge in [0, 0.05) is 25.0 Å². The molecule has 0 atom stereocenters. The molecule has 0 amide bonds. The van der Waals surface area contributed by atoms with E-state index in [1.54, 1.807) is 0 Å². The molecule has 5 aromatic rings. The number of rotatable bonds is 9. The SMILES string of the molecule is O=C(O)c1cnc(I)c(OCCc2nccn2C(c2ccccc2)(c2ccccc2)c2ccccc2)c1. The molecule has 0 aliphatic rings. The van der Waals surface area contributed by atoms with E-state index in [1.807, 2.05) is 53.2 Å². The standard InChI is InChI=1S/C30H24IN3O3/c31-28-26(20-22(21-33-28)29(35)36)37-19-16-27-32-17-18-34(27)30(23-10-4-1-5-11-23,24-12-6-2-7-13-24)25-14-8-3-9-15-25/h1-15,17-18,20-21H,16,19H2,(H,35,36). The molecule has 3 aromatic carbocycles. The number of hydrogen-bond acceptors (Lipinski definition) is 4. The normalized spacial score (nSPS) is 11.3. The predicted molar refractivity (Wildman–Crippen MR) is 150 cm³/mol. The number of carboxylic acid groups (broad SMARTS) is 1. The molecule has 0 saturated heterocycles. The summed E-state index contributed by atoms with van der Waals surface area (Å²) in [6, 6.07) is 32.8. The molecular formula is C30H24IN3O3. The van der Waals surface area contributed by atoms with Crippen LogP contribution in [0.4, 0.5) is 0 Å². The largest absolute Gasteiger partial charge is 0.490 e. The quantitative estimate of drug-likeness (QED) is 0.127. The van der Waals surface area contributed by atoms with Gasteiger partial charge in [-0.15, -0.1) is 0 Å². The van der Waals surface area contributed by atoms with Crippen LogP contribution in [0, 0.1) is 3.70 Å². The third-order valence-corrected chi connectivity index (χ3v) is 7.10. The predicted octanol–water partition coefficient (Wildman–Crippen LogP) is 6.04. The van der Waals surface area contributed by atoms with Crippen molar-refractivity contribution in [3.05, 3.63) is 147 Å². The van der Waals surface area contributed by atoms with E-state index in [1.165, 1.54) is 12.3 Å². The third kappa shape index (κ3) is 4.86. The molecule has 2 aromatic heterocycles. The molecule has 2 heterocycles. The number of aromatic carboxylic acids is 1. The number of aromatic nitrogens is 3. The average Bonchev–Trinajstić information content (AvgIpc) is 3.40. The molecule has 6 nitrogen and oxygen atoms in total. The Morgan fingerprint density at radius 3 is 1.92 bits per heavy atom. The van der Waals surface area contributed by atoms with Crippen LogP contribution >= 0.6 is 22.6 Å². The van der Waals surface area contributed by atoms with Crippen LogP contribution in [0.25, 0.3) is 0 Å². The molecule has 0 aliphatic heterocycles. The Kier molecular flexibility index (Phi) is 7.32. The lowest BCUT2D eigenvalue weighted by atomic mass is 9.76. The summed E-state index contributed by atoms with van der Waals surface area (Å²) >= 11 is 2.05. The molecule has 0 spiro atoms. The summed E-state index contributed by atoms with van der Waals surface area (Å²) in [5, 5.41) is 9.32. The van der Waals surface area contributed by atoms with Gasteiger partial charge in [0.25, 0.3) is 0 Å². The van der Waals surface area contributed by atoms with Gasteiger partial charge in [0.2, 0.25) is 0 Å². The van der Waals surface area contributed by atoms with E-state index < -0.39 is 11.5 Å². The summed E-state index contributed by atoms with van der Waals surface area (Å²) in [6.07, 6.45) is 5.67. The van der Waals surface area contributed by atoms with Crippen molar-refractivity contribution in [2.24, 2.45) is 0 Å². The molecule has 1 N–H and O–H groups in total. The lowest BCUT2D eigenvalue weighted by Crippen LogP contribution is -2.38. The van der Waals surface area contributed by atoms with E-state index in [2.05, 4.69) is 82.3 Å². The van der Waals surface area contributed by atoms with Gasteiger partial charge in [0.05, 0.1) is 12.2 Å². The van der Waals surface area contributed by atoms with Gasteiger partial charge < -0.3 is 14.4 Å². The number of carboxylic acids is 1. The number of ether oxygens (including phenoxy) is 1. The van der Waals surface area contributed by atoms with Gasteiger partial charge in [-0.2, -0.15) is 0 Å². The van der Waals surface area contributed by atoms with Gasteiger partial charge in [0.1, 0.15) is 15.1 Å². The molecule has 37 heavy (non-hydrogen) atoms. The van der Waals surface area contributed by atoms with E-state index in [-0.39, 0.29) is 5.56 Å². The van der Waals surface area contributed by atoms with Crippen molar-refractivity contribution >= 4 is 28.6 Å². The Labute approximate surface area is 228 Å². The lowest BCUT2D eigenvalue weighted by molar-refractivity contribution is 0.0695. The minimum absolute atomic E-state index is 0.0909. The zero-order chi connectivity index (χ0) is 25.7. The summed E-state index contributed by atoms with van der Waals surface area (Å²) in [5.74, 6) is 0.246. The summed E-state index contributed by atoms with van der Waals surface area (Å²) in [6.45, 7) is 0.312. The summed E-state index contributed by atoms with van der Waals surface area (Å²) in [7, 11) is 0. The number of pyridine rings is 1. The second kappa shape index (κ2) is 11.0. The fraction of sp³-hybridized carbons (Fsp3) is 0.100. The van der Waals surface area contributed by atoms with Crippen LogP contribution in [0.15, 0.2) is 116 Å². The number of halogens is 1. The Morgan fingerprint density at radius 1 is 0.865 bits per heavy atom. The molecule has 0 radical (unpaired) electrons. The first-order valence-corrected chi connectivity index (χ1v) is 12.9. The van der Waals surface area contributed by atoms with E-state index in [0.29, 0.717) is 22.5 Å².